The molecule has 1 unspecified atom stereocenters. The molecule has 1 atom stereocenters. The summed E-state index contributed by atoms with van der Waals surface area (Å²) < 4.78 is 0. The van der Waals surface area contributed by atoms with Crippen LogP contribution in [0.5, 0.6) is 0 Å². The van der Waals surface area contributed by atoms with Crippen molar-refractivity contribution in [1.82, 2.24) is 15.5 Å². The smallest absolute Gasteiger partial charge is 0.0872 e. The van der Waals surface area contributed by atoms with Gasteiger partial charge in [0.15, 0.2) is 0 Å². The highest BCUT2D eigenvalue weighted by Crippen LogP contribution is 2.32. The summed E-state index contributed by atoms with van der Waals surface area (Å²) in [5.74, 6) is 0. The number of nitrogens with one attached hydrogen (secondary N) is 2. The van der Waals surface area contributed by atoms with E-state index < -0.39 is 0 Å². The number of benzene rings is 1. The molecule has 0 saturated carbocycles. The number of H-pyrrole nitrogens is 1. The van der Waals surface area contributed by atoms with Crippen molar-refractivity contribution in [2.75, 3.05) is 6.54 Å². The van der Waals surface area contributed by atoms with Crippen LogP contribution in [0.1, 0.15) is 30.3 Å². The Kier molecular flexibility index (Phi) is 2.69. The number of rotatable bonds is 2. The van der Waals surface area contributed by atoms with Gasteiger partial charge in [0.05, 0.1) is 11.7 Å². The van der Waals surface area contributed by atoms with Crippen molar-refractivity contribution in [3.8, 4) is 11.1 Å². The summed E-state index contributed by atoms with van der Waals surface area (Å²) in [5.41, 5.74) is 4.85. The van der Waals surface area contributed by atoms with Crippen LogP contribution in [0.15, 0.2) is 30.3 Å². The first-order valence-corrected chi connectivity index (χ1v) is 6.20. The largest absolute Gasteiger partial charge is 0.309 e. The summed E-state index contributed by atoms with van der Waals surface area (Å²) in [6.45, 7) is 3.19. The van der Waals surface area contributed by atoms with Crippen LogP contribution in [0.4, 0.5) is 0 Å². The van der Waals surface area contributed by atoms with E-state index in [1.165, 1.54) is 29.7 Å². The number of hydrogen-bond acceptors (Lipinski definition) is 2. The molecular formula is C14H17N3. The Labute approximate surface area is 101 Å². The Bertz CT molecular complexity index is 495. The molecule has 0 amide bonds. The Morgan fingerprint density at radius 1 is 1.24 bits per heavy atom. The maximum atomic E-state index is 4.49. The van der Waals surface area contributed by atoms with E-state index >= 15 is 0 Å². The molecule has 0 aliphatic carbocycles. The van der Waals surface area contributed by atoms with Crippen molar-refractivity contribution < 1.29 is 0 Å². The minimum Gasteiger partial charge on any atom is -0.309 e. The summed E-state index contributed by atoms with van der Waals surface area (Å²) in [6.07, 6.45) is 2.43. The van der Waals surface area contributed by atoms with Gasteiger partial charge < -0.3 is 5.32 Å². The van der Waals surface area contributed by atoms with Gasteiger partial charge in [-0.2, -0.15) is 5.10 Å². The van der Waals surface area contributed by atoms with Crippen molar-refractivity contribution in [2.45, 2.75) is 25.8 Å². The predicted octanol–water partition coefficient (Wildman–Crippen LogP) is 2.81. The molecule has 1 aromatic carbocycles. The lowest BCUT2D eigenvalue weighted by molar-refractivity contribution is 0.626. The van der Waals surface area contributed by atoms with Crippen molar-refractivity contribution in [2.24, 2.45) is 0 Å². The normalized spacial score (nSPS) is 19.7. The fourth-order valence-electron chi connectivity index (χ4n) is 2.59. The maximum absolute atomic E-state index is 4.49. The van der Waals surface area contributed by atoms with E-state index in [1.807, 2.05) is 6.07 Å². The zero-order valence-electron chi connectivity index (χ0n) is 10.0. The fourth-order valence-corrected chi connectivity index (χ4v) is 2.59. The second-order valence-corrected chi connectivity index (χ2v) is 4.62. The third-order valence-electron chi connectivity index (χ3n) is 3.43. The van der Waals surface area contributed by atoms with Gasteiger partial charge in [-0.1, -0.05) is 30.3 Å². The second kappa shape index (κ2) is 4.34. The van der Waals surface area contributed by atoms with Crippen molar-refractivity contribution in [1.29, 1.82) is 0 Å². The number of aromatic nitrogens is 2. The fraction of sp³-hybridized carbons (Fsp3) is 0.357. The molecule has 3 nitrogen and oxygen atoms in total. The summed E-state index contributed by atoms with van der Waals surface area (Å²) in [4.78, 5) is 0. The molecule has 2 heterocycles. The molecule has 0 radical (unpaired) electrons. The monoisotopic (exact) mass is 227 g/mol. The van der Waals surface area contributed by atoms with Crippen molar-refractivity contribution in [3.63, 3.8) is 0 Å². The lowest BCUT2D eigenvalue weighted by Gasteiger charge is -2.10. The van der Waals surface area contributed by atoms with Gasteiger partial charge in [0, 0.05) is 11.3 Å². The Balaban J connectivity index is 2.06. The van der Waals surface area contributed by atoms with Crippen LogP contribution in [0.25, 0.3) is 11.1 Å². The summed E-state index contributed by atoms with van der Waals surface area (Å²) >= 11 is 0. The Morgan fingerprint density at radius 3 is 2.76 bits per heavy atom. The minimum atomic E-state index is 0.412. The molecule has 2 aromatic rings. The Hall–Kier alpha value is -1.61. The molecular weight excluding hydrogens is 210 g/mol. The molecule has 0 spiro atoms. The first-order chi connectivity index (χ1) is 8.36. The molecule has 2 N–H and O–H groups in total. The molecule has 1 fully saturated rings. The molecule has 88 valence electrons. The number of aromatic amines is 1. The van der Waals surface area contributed by atoms with Gasteiger partial charge >= 0.3 is 0 Å². The van der Waals surface area contributed by atoms with E-state index in [0.29, 0.717) is 6.04 Å². The average molecular weight is 227 g/mol. The summed E-state index contributed by atoms with van der Waals surface area (Å²) in [6, 6.07) is 10.9. The summed E-state index contributed by atoms with van der Waals surface area (Å²) in [7, 11) is 0. The van der Waals surface area contributed by atoms with E-state index in [1.54, 1.807) is 0 Å². The molecule has 3 heteroatoms. The van der Waals surface area contributed by atoms with Crippen molar-refractivity contribution >= 4 is 0 Å². The highest BCUT2D eigenvalue weighted by Gasteiger charge is 2.23. The Morgan fingerprint density at radius 2 is 2.06 bits per heavy atom. The zero-order chi connectivity index (χ0) is 11.7. The molecule has 3 rings (SSSR count). The van der Waals surface area contributed by atoms with Gasteiger partial charge in [-0.05, 0) is 31.9 Å². The van der Waals surface area contributed by atoms with Crippen LogP contribution < -0.4 is 5.32 Å². The van der Waals surface area contributed by atoms with Gasteiger partial charge in [-0.25, -0.2) is 0 Å². The second-order valence-electron chi connectivity index (χ2n) is 4.62. The lowest BCUT2D eigenvalue weighted by atomic mass is 9.99. The van der Waals surface area contributed by atoms with Gasteiger partial charge in [0.1, 0.15) is 0 Å². The highest BCUT2D eigenvalue weighted by molar-refractivity contribution is 5.68. The van der Waals surface area contributed by atoms with E-state index in [0.717, 1.165) is 12.2 Å². The van der Waals surface area contributed by atoms with Crippen LogP contribution in [0, 0.1) is 6.92 Å². The van der Waals surface area contributed by atoms with Crippen LogP contribution >= 0.6 is 0 Å². The topological polar surface area (TPSA) is 40.7 Å². The van der Waals surface area contributed by atoms with Gasteiger partial charge in [0.2, 0.25) is 0 Å². The predicted molar refractivity (Wildman–Crippen MR) is 68.7 cm³/mol. The minimum absolute atomic E-state index is 0.412. The van der Waals surface area contributed by atoms with Crippen LogP contribution in [0.2, 0.25) is 0 Å². The lowest BCUT2D eigenvalue weighted by Crippen LogP contribution is -2.14. The van der Waals surface area contributed by atoms with Crippen LogP contribution in [-0.4, -0.2) is 16.7 Å². The summed E-state index contributed by atoms with van der Waals surface area (Å²) in [5, 5.41) is 11.1. The zero-order valence-corrected chi connectivity index (χ0v) is 10.0. The number of aryl methyl sites for hydroxylation is 1. The molecule has 1 aliphatic rings. The van der Waals surface area contributed by atoms with E-state index in [9.17, 15) is 0 Å². The molecule has 1 aromatic heterocycles. The van der Waals surface area contributed by atoms with E-state index in [2.05, 4.69) is 46.7 Å². The van der Waals surface area contributed by atoms with Crippen molar-refractivity contribution in [3.05, 3.63) is 41.7 Å². The quantitative estimate of drug-likeness (QED) is 0.828. The third kappa shape index (κ3) is 1.87. The standard InChI is InChI=1S/C14H17N3/c1-10-13(11-6-3-2-4-7-11)14(17-16-10)12-8-5-9-15-12/h2-4,6-7,12,15H,5,8-9H2,1H3,(H,16,17). The molecule has 17 heavy (non-hydrogen) atoms. The van der Waals surface area contributed by atoms with E-state index in [-0.39, 0.29) is 0 Å². The van der Waals surface area contributed by atoms with Crippen LogP contribution in [-0.2, 0) is 0 Å². The average Bonchev–Trinajstić information content (AvgIpc) is 2.98. The highest BCUT2D eigenvalue weighted by atomic mass is 15.1. The third-order valence-corrected chi connectivity index (χ3v) is 3.43. The number of hydrogen-bond donors (Lipinski definition) is 2. The molecule has 0 bridgehead atoms. The van der Waals surface area contributed by atoms with Gasteiger partial charge in [-0.15, -0.1) is 0 Å². The van der Waals surface area contributed by atoms with Gasteiger partial charge in [0.25, 0.3) is 0 Å². The first-order valence-electron chi connectivity index (χ1n) is 6.20. The number of nitrogens with zero attached hydrogens (tertiary/aromatic N) is 1. The maximum Gasteiger partial charge on any atom is 0.0872 e. The first kappa shape index (κ1) is 10.5. The molecule has 1 saturated heterocycles. The van der Waals surface area contributed by atoms with E-state index in [4.69, 9.17) is 0 Å². The SMILES string of the molecule is Cc1[nH]nc(C2CCCN2)c1-c1ccccc1. The molecule has 1 aliphatic heterocycles. The van der Waals surface area contributed by atoms with Crippen LogP contribution in [0.3, 0.4) is 0 Å². The van der Waals surface area contributed by atoms with Gasteiger partial charge in [-0.3, -0.25) is 5.10 Å².